The summed E-state index contributed by atoms with van der Waals surface area (Å²) in [6.07, 6.45) is 2.62. The maximum Gasteiger partial charge on any atom is 0.226 e. The molecule has 0 saturated carbocycles. The lowest BCUT2D eigenvalue weighted by molar-refractivity contribution is -0.117. The summed E-state index contributed by atoms with van der Waals surface area (Å²) >= 11 is 1.07. The molecule has 0 aliphatic rings. The van der Waals surface area contributed by atoms with E-state index in [1.165, 1.54) is 6.92 Å². The molecule has 0 fully saturated rings. The molecule has 0 saturated heterocycles. The maximum atomic E-state index is 11.7. The van der Waals surface area contributed by atoms with Crippen LogP contribution in [0.15, 0.2) is 22.8 Å². The summed E-state index contributed by atoms with van der Waals surface area (Å²) in [6, 6.07) is 3.61. The van der Waals surface area contributed by atoms with Gasteiger partial charge in [0.25, 0.3) is 0 Å². The van der Waals surface area contributed by atoms with Crippen LogP contribution >= 0.6 is 11.5 Å². The summed E-state index contributed by atoms with van der Waals surface area (Å²) in [5, 5.41) is 3.07. The molecule has 0 radical (unpaired) electrons. The molecule has 1 N–H and O–H groups in total. The van der Waals surface area contributed by atoms with Crippen LogP contribution in [0.2, 0.25) is 0 Å². The zero-order valence-corrected chi connectivity index (χ0v) is 11.2. The quantitative estimate of drug-likeness (QED) is 0.872. The lowest BCUT2D eigenvalue weighted by Gasteiger charge is -1.99. The van der Waals surface area contributed by atoms with Gasteiger partial charge in [0.2, 0.25) is 11.0 Å². The van der Waals surface area contributed by atoms with Gasteiger partial charge < -0.3 is 9.73 Å². The number of furan rings is 1. The molecule has 0 spiro atoms. The number of nitrogens with zero attached hydrogens (tertiary/aromatic N) is 2. The highest BCUT2D eigenvalue weighted by Crippen LogP contribution is 2.12. The Labute approximate surface area is 114 Å². The van der Waals surface area contributed by atoms with Gasteiger partial charge in [0.15, 0.2) is 5.82 Å². The number of ketones is 1. The fourth-order valence-corrected chi connectivity index (χ4v) is 2.08. The highest BCUT2D eigenvalue weighted by molar-refractivity contribution is 7.09. The molecule has 0 atom stereocenters. The van der Waals surface area contributed by atoms with Crippen LogP contribution in [0.25, 0.3) is 0 Å². The fourth-order valence-electron chi connectivity index (χ4n) is 1.47. The van der Waals surface area contributed by atoms with Gasteiger partial charge in [-0.3, -0.25) is 9.59 Å². The van der Waals surface area contributed by atoms with Crippen LogP contribution in [0.1, 0.15) is 24.9 Å². The molecular formula is C12H13N3O3S. The number of Topliss-reactive ketones (excluding diaryl/α,β-unsaturated/α-hetero) is 1. The second-order valence-corrected chi connectivity index (χ2v) is 4.77. The number of rotatable bonds is 6. The molecule has 2 heterocycles. The smallest absolute Gasteiger partial charge is 0.226 e. The normalized spacial score (nSPS) is 10.4. The summed E-state index contributed by atoms with van der Waals surface area (Å²) in [7, 11) is 0. The molecule has 2 rings (SSSR count). The number of carbonyl (C=O) groups excluding carboxylic acids is 2. The van der Waals surface area contributed by atoms with Gasteiger partial charge in [0, 0.05) is 24.4 Å². The monoisotopic (exact) mass is 279 g/mol. The van der Waals surface area contributed by atoms with Crippen LogP contribution in [0.5, 0.6) is 0 Å². The number of hydrogen-bond acceptors (Lipinski definition) is 6. The topological polar surface area (TPSA) is 85.1 Å². The predicted octanol–water partition coefficient (Wildman–Crippen LogP) is 1.83. The minimum atomic E-state index is -0.151. The Bertz CT molecular complexity index is 563. The molecule has 0 aliphatic carbocycles. The zero-order chi connectivity index (χ0) is 13.7. The molecule has 100 valence electrons. The first kappa shape index (κ1) is 13.4. The van der Waals surface area contributed by atoms with Gasteiger partial charge in [-0.15, -0.1) is 0 Å². The number of amides is 1. The Hall–Kier alpha value is -2.02. The Morgan fingerprint density at radius 2 is 2.32 bits per heavy atom. The van der Waals surface area contributed by atoms with Crippen LogP contribution in [-0.4, -0.2) is 21.0 Å². The first-order chi connectivity index (χ1) is 9.13. The van der Waals surface area contributed by atoms with E-state index in [4.69, 9.17) is 4.42 Å². The van der Waals surface area contributed by atoms with Gasteiger partial charge in [0.05, 0.1) is 12.7 Å². The van der Waals surface area contributed by atoms with Gasteiger partial charge in [-0.2, -0.15) is 4.37 Å². The maximum absolute atomic E-state index is 11.7. The molecule has 7 heteroatoms. The van der Waals surface area contributed by atoms with E-state index in [1.807, 2.05) is 6.07 Å². The van der Waals surface area contributed by atoms with Crippen LogP contribution in [0.3, 0.4) is 0 Å². The van der Waals surface area contributed by atoms with Crippen molar-refractivity contribution in [3.05, 3.63) is 30.0 Å². The lowest BCUT2D eigenvalue weighted by Crippen LogP contribution is -2.12. The highest BCUT2D eigenvalue weighted by Gasteiger charge is 2.10. The Morgan fingerprint density at radius 3 is 3.00 bits per heavy atom. The molecular weight excluding hydrogens is 266 g/mol. The number of aryl methyl sites for hydroxylation is 1. The first-order valence-electron chi connectivity index (χ1n) is 5.78. The third-order valence-electron chi connectivity index (χ3n) is 2.30. The minimum absolute atomic E-state index is 0.00602. The first-order valence-corrected chi connectivity index (χ1v) is 6.55. The van der Waals surface area contributed by atoms with Crippen molar-refractivity contribution in [1.82, 2.24) is 9.36 Å². The van der Waals surface area contributed by atoms with E-state index in [9.17, 15) is 9.59 Å². The van der Waals surface area contributed by atoms with E-state index in [2.05, 4.69) is 14.7 Å². The van der Waals surface area contributed by atoms with Crippen LogP contribution in [0.4, 0.5) is 5.13 Å². The highest BCUT2D eigenvalue weighted by atomic mass is 32.1. The summed E-state index contributed by atoms with van der Waals surface area (Å²) in [5.74, 6) is 1.05. The van der Waals surface area contributed by atoms with Gasteiger partial charge >= 0.3 is 0 Å². The van der Waals surface area contributed by atoms with Gasteiger partial charge in [0.1, 0.15) is 11.5 Å². The number of hydrogen-bond donors (Lipinski definition) is 1. The van der Waals surface area contributed by atoms with E-state index in [1.54, 1.807) is 12.3 Å². The molecule has 0 aromatic carbocycles. The molecule has 19 heavy (non-hydrogen) atoms. The van der Waals surface area contributed by atoms with Crippen molar-refractivity contribution in [2.75, 3.05) is 5.32 Å². The van der Waals surface area contributed by atoms with Crippen molar-refractivity contribution in [3.8, 4) is 0 Å². The van der Waals surface area contributed by atoms with Crippen molar-refractivity contribution in [3.63, 3.8) is 0 Å². The zero-order valence-electron chi connectivity index (χ0n) is 10.4. The van der Waals surface area contributed by atoms with E-state index in [0.717, 1.165) is 17.3 Å². The van der Waals surface area contributed by atoms with Crippen LogP contribution in [-0.2, 0) is 22.4 Å². The van der Waals surface area contributed by atoms with Crippen molar-refractivity contribution in [1.29, 1.82) is 0 Å². The lowest BCUT2D eigenvalue weighted by atomic mass is 10.2. The number of anilines is 1. The molecule has 2 aromatic heterocycles. The van der Waals surface area contributed by atoms with E-state index >= 15 is 0 Å². The summed E-state index contributed by atoms with van der Waals surface area (Å²) in [4.78, 5) is 26.6. The third kappa shape index (κ3) is 4.29. The standard InChI is InChI=1S/C12H13N3O3S/c1-8(16)7-10-13-12(19-15-10)14-11(17)5-4-9-3-2-6-18-9/h2-3,6H,4-5,7H2,1H3,(H,13,14,15,17). The van der Waals surface area contributed by atoms with Gasteiger partial charge in [-0.1, -0.05) is 0 Å². The number of carbonyl (C=O) groups is 2. The molecule has 1 amide bonds. The molecule has 6 nitrogen and oxygen atoms in total. The average Bonchev–Trinajstić information content (AvgIpc) is 2.97. The van der Waals surface area contributed by atoms with Gasteiger partial charge in [-0.25, -0.2) is 4.98 Å². The van der Waals surface area contributed by atoms with Crippen molar-refractivity contribution < 1.29 is 14.0 Å². The molecule has 0 bridgehead atoms. The molecule has 2 aromatic rings. The molecule has 0 unspecified atom stereocenters. The van der Waals surface area contributed by atoms with Crippen LogP contribution < -0.4 is 5.32 Å². The average molecular weight is 279 g/mol. The second kappa shape index (κ2) is 6.24. The summed E-state index contributed by atoms with van der Waals surface area (Å²) < 4.78 is 9.14. The van der Waals surface area contributed by atoms with Gasteiger partial charge in [-0.05, 0) is 19.1 Å². The Balaban J connectivity index is 1.81. The summed E-state index contributed by atoms with van der Waals surface area (Å²) in [6.45, 7) is 1.47. The third-order valence-corrected chi connectivity index (χ3v) is 2.97. The fraction of sp³-hybridized carbons (Fsp3) is 0.333. The largest absolute Gasteiger partial charge is 0.469 e. The van der Waals surface area contributed by atoms with Crippen molar-refractivity contribution >= 4 is 28.4 Å². The Morgan fingerprint density at radius 1 is 1.47 bits per heavy atom. The van der Waals surface area contributed by atoms with Crippen molar-refractivity contribution in [2.45, 2.75) is 26.2 Å². The molecule has 0 aliphatic heterocycles. The summed E-state index contributed by atoms with van der Waals surface area (Å²) in [5.41, 5.74) is 0. The Kier molecular flexibility index (Phi) is 4.40. The van der Waals surface area contributed by atoms with E-state index in [0.29, 0.717) is 23.8 Å². The van der Waals surface area contributed by atoms with Crippen LogP contribution in [0, 0.1) is 0 Å². The minimum Gasteiger partial charge on any atom is -0.469 e. The van der Waals surface area contributed by atoms with E-state index in [-0.39, 0.29) is 18.1 Å². The number of aromatic nitrogens is 2. The predicted molar refractivity (Wildman–Crippen MR) is 70.0 cm³/mol. The van der Waals surface area contributed by atoms with E-state index < -0.39 is 0 Å². The second-order valence-electron chi connectivity index (χ2n) is 4.02. The van der Waals surface area contributed by atoms with Crippen molar-refractivity contribution in [2.24, 2.45) is 0 Å². The number of nitrogens with one attached hydrogen (secondary N) is 1. The SMILES string of the molecule is CC(=O)Cc1nsc(NC(=O)CCc2ccco2)n1.